The van der Waals surface area contributed by atoms with Gasteiger partial charge in [0.15, 0.2) is 5.11 Å². The van der Waals surface area contributed by atoms with Crippen LogP contribution in [0.4, 0.5) is 5.69 Å². The molecule has 3 nitrogen and oxygen atoms in total. The molecule has 0 amide bonds. The molecule has 0 heterocycles. The van der Waals surface area contributed by atoms with Crippen LogP contribution in [-0.4, -0.2) is 12.2 Å². The van der Waals surface area contributed by atoms with Crippen LogP contribution in [0.1, 0.15) is 18.5 Å². The fourth-order valence-corrected chi connectivity index (χ4v) is 2.84. The topological polar surface area (TPSA) is 33.3 Å². The van der Waals surface area contributed by atoms with E-state index in [9.17, 15) is 0 Å². The maximum absolute atomic E-state index is 6.20. The van der Waals surface area contributed by atoms with Gasteiger partial charge in [-0.3, -0.25) is 0 Å². The molecular formula is C16H16Cl2N2OS. The van der Waals surface area contributed by atoms with Crippen molar-refractivity contribution < 1.29 is 4.74 Å². The van der Waals surface area contributed by atoms with Crippen LogP contribution < -0.4 is 15.4 Å². The highest BCUT2D eigenvalue weighted by Gasteiger charge is 2.11. The summed E-state index contributed by atoms with van der Waals surface area (Å²) in [5.74, 6) is 0.797. The Morgan fingerprint density at radius 2 is 1.82 bits per heavy atom. The summed E-state index contributed by atoms with van der Waals surface area (Å²) in [5, 5.41) is 8.05. The van der Waals surface area contributed by atoms with Crippen LogP contribution >= 0.6 is 35.4 Å². The third kappa shape index (κ3) is 4.50. The second-order valence-electron chi connectivity index (χ2n) is 4.71. The average molecular weight is 355 g/mol. The van der Waals surface area contributed by atoms with E-state index in [0.717, 1.165) is 17.0 Å². The van der Waals surface area contributed by atoms with Gasteiger partial charge in [0.05, 0.1) is 13.2 Å². The Morgan fingerprint density at radius 1 is 1.14 bits per heavy atom. The first kappa shape index (κ1) is 16.9. The van der Waals surface area contributed by atoms with E-state index in [1.807, 2.05) is 37.3 Å². The summed E-state index contributed by atoms with van der Waals surface area (Å²) in [7, 11) is 1.63. The molecule has 2 aromatic carbocycles. The molecule has 2 aromatic rings. The van der Waals surface area contributed by atoms with Gasteiger partial charge in [0.2, 0.25) is 0 Å². The molecule has 0 aromatic heterocycles. The molecule has 0 bridgehead atoms. The summed E-state index contributed by atoms with van der Waals surface area (Å²) >= 11 is 17.4. The number of hydrogen-bond donors (Lipinski definition) is 2. The Labute approximate surface area is 145 Å². The third-order valence-corrected chi connectivity index (χ3v) is 3.91. The molecule has 0 saturated heterocycles. The second kappa shape index (κ2) is 7.68. The molecule has 0 radical (unpaired) electrons. The summed E-state index contributed by atoms with van der Waals surface area (Å²) in [6.45, 7) is 1.98. The molecule has 6 heteroatoms. The lowest BCUT2D eigenvalue weighted by Crippen LogP contribution is -2.31. The lowest BCUT2D eigenvalue weighted by Gasteiger charge is -2.18. The minimum atomic E-state index is -0.0389. The third-order valence-electron chi connectivity index (χ3n) is 3.12. The maximum atomic E-state index is 6.20. The van der Waals surface area contributed by atoms with E-state index in [1.165, 1.54) is 0 Å². The Kier molecular flexibility index (Phi) is 5.89. The number of rotatable bonds is 4. The Hall–Kier alpha value is -1.49. The van der Waals surface area contributed by atoms with Crippen molar-refractivity contribution in [2.45, 2.75) is 13.0 Å². The second-order valence-corrected chi connectivity index (χ2v) is 5.97. The van der Waals surface area contributed by atoms with Crippen molar-refractivity contribution >= 4 is 46.2 Å². The molecule has 0 spiro atoms. The van der Waals surface area contributed by atoms with Crippen LogP contribution in [0.2, 0.25) is 10.0 Å². The van der Waals surface area contributed by atoms with Gasteiger partial charge >= 0.3 is 0 Å². The fraction of sp³-hybridized carbons (Fsp3) is 0.188. The quantitative estimate of drug-likeness (QED) is 0.752. The molecular weight excluding hydrogens is 339 g/mol. The summed E-state index contributed by atoms with van der Waals surface area (Å²) in [6.07, 6.45) is 0. The zero-order valence-corrected chi connectivity index (χ0v) is 14.5. The van der Waals surface area contributed by atoms with Gasteiger partial charge in [0.25, 0.3) is 0 Å². The van der Waals surface area contributed by atoms with Crippen LogP contribution in [0.25, 0.3) is 0 Å². The lowest BCUT2D eigenvalue weighted by molar-refractivity contribution is 0.415. The van der Waals surface area contributed by atoms with Crippen molar-refractivity contribution in [3.8, 4) is 5.75 Å². The standard InChI is InChI=1S/C16H16Cl2N2OS/c1-10(14-8-3-11(17)9-15(14)18)19-16(22)20-12-4-6-13(21-2)7-5-12/h3-10H,1-2H3,(H2,19,20,22)/t10-/m0/s1. The zero-order valence-electron chi connectivity index (χ0n) is 12.2. The summed E-state index contributed by atoms with van der Waals surface area (Å²) < 4.78 is 5.12. The first-order valence-corrected chi connectivity index (χ1v) is 7.82. The van der Waals surface area contributed by atoms with E-state index in [0.29, 0.717) is 15.2 Å². The van der Waals surface area contributed by atoms with Crippen LogP contribution in [0.3, 0.4) is 0 Å². The Balaban J connectivity index is 1.98. The number of benzene rings is 2. The predicted octanol–water partition coefficient (Wildman–Crippen LogP) is 5.05. The molecule has 0 fully saturated rings. The van der Waals surface area contributed by atoms with Crippen molar-refractivity contribution in [3.05, 3.63) is 58.1 Å². The molecule has 0 aliphatic carbocycles. The number of methoxy groups -OCH3 is 1. The number of anilines is 1. The highest BCUT2D eigenvalue weighted by atomic mass is 35.5. The van der Waals surface area contributed by atoms with Crippen LogP contribution in [-0.2, 0) is 0 Å². The smallest absolute Gasteiger partial charge is 0.171 e. The van der Waals surface area contributed by atoms with Crippen LogP contribution in [0.5, 0.6) is 5.75 Å². The average Bonchev–Trinajstić information content (AvgIpc) is 2.47. The largest absolute Gasteiger partial charge is 0.497 e. The van der Waals surface area contributed by atoms with Gasteiger partial charge in [-0.05, 0) is 61.1 Å². The predicted molar refractivity (Wildman–Crippen MR) is 97.2 cm³/mol. The van der Waals surface area contributed by atoms with Crippen molar-refractivity contribution in [2.24, 2.45) is 0 Å². The number of ether oxygens (including phenoxy) is 1. The number of halogens is 2. The highest BCUT2D eigenvalue weighted by Crippen LogP contribution is 2.26. The van der Waals surface area contributed by atoms with Gasteiger partial charge < -0.3 is 15.4 Å². The SMILES string of the molecule is COc1ccc(NC(=S)N[C@@H](C)c2ccc(Cl)cc2Cl)cc1. The first-order chi connectivity index (χ1) is 10.5. The van der Waals surface area contributed by atoms with E-state index >= 15 is 0 Å². The van der Waals surface area contributed by atoms with Crippen molar-refractivity contribution in [3.63, 3.8) is 0 Å². The summed E-state index contributed by atoms with van der Waals surface area (Å²) in [5.41, 5.74) is 1.82. The molecule has 0 saturated carbocycles. The normalized spacial score (nSPS) is 11.6. The molecule has 22 heavy (non-hydrogen) atoms. The maximum Gasteiger partial charge on any atom is 0.171 e. The molecule has 0 aliphatic heterocycles. The monoisotopic (exact) mass is 354 g/mol. The van der Waals surface area contributed by atoms with E-state index < -0.39 is 0 Å². The fourth-order valence-electron chi connectivity index (χ4n) is 1.97. The minimum absolute atomic E-state index is 0.0389. The molecule has 0 unspecified atom stereocenters. The zero-order chi connectivity index (χ0) is 16.1. The molecule has 0 aliphatic rings. The van der Waals surface area contributed by atoms with Gasteiger partial charge in [0, 0.05) is 15.7 Å². The van der Waals surface area contributed by atoms with E-state index in [2.05, 4.69) is 10.6 Å². The van der Waals surface area contributed by atoms with Gasteiger partial charge in [-0.2, -0.15) is 0 Å². The van der Waals surface area contributed by atoms with Gasteiger partial charge in [-0.25, -0.2) is 0 Å². The van der Waals surface area contributed by atoms with Gasteiger partial charge in [-0.1, -0.05) is 29.3 Å². The van der Waals surface area contributed by atoms with E-state index in [4.69, 9.17) is 40.2 Å². The van der Waals surface area contributed by atoms with Crippen molar-refractivity contribution in [2.75, 3.05) is 12.4 Å². The first-order valence-electron chi connectivity index (χ1n) is 6.66. The van der Waals surface area contributed by atoms with Gasteiger partial charge in [-0.15, -0.1) is 0 Å². The number of nitrogens with one attached hydrogen (secondary N) is 2. The van der Waals surface area contributed by atoms with Crippen molar-refractivity contribution in [1.29, 1.82) is 0 Å². The Bertz CT molecular complexity index is 662. The highest BCUT2D eigenvalue weighted by molar-refractivity contribution is 7.80. The summed E-state index contributed by atoms with van der Waals surface area (Å²) in [4.78, 5) is 0. The Morgan fingerprint density at radius 3 is 2.41 bits per heavy atom. The molecule has 2 N–H and O–H groups in total. The number of thiocarbonyl (C=S) groups is 1. The minimum Gasteiger partial charge on any atom is -0.497 e. The van der Waals surface area contributed by atoms with E-state index in [-0.39, 0.29) is 6.04 Å². The summed E-state index contributed by atoms with van der Waals surface area (Å²) in [6, 6.07) is 12.9. The lowest BCUT2D eigenvalue weighted by atomic mass is 10.1. The molecule has 116 valence electrons. The van der Waals surface area contributed by atoms with Crippen molar-refractivity contribution in [1.82, 2.24) is 5.32 Å². The van der Waals surface area contributed by atoms with Gasteiger partial charge in [0.1, 0.15) is 5.75 Å². The molecule has 1 atom stereocenters. The van der Waals surface area contributed by atoms with Crippen LogP contribution in [0, 0.1) is 0 Å². The van der Waals surface area contributed by atoms with E-state index in [1.54, 1.807) is 19.2 Å². The van der Waals surface area contributed by atoms with Crippen LogP contribution in [0.15, 0.2) is 42.5 Å². The number of hydrogen-bond acceptors (Lipinski definition) is 2. The molecule has 2 rings (SSSR count).